The van der Waals surface area contributed by atoms with Crippen molar-refractivity contribution in [2.45, 2.75) is 33.3 Å². The second-order valence-electron chi connectivity index (χ2n) is 3.16. The number of hydrogen-bond donors (Lipinski definition) is 2. The molecule has 2 atom stereocenters. The van der Waals surface area contributed by atoms with Crippen molar-refractivity contribution in [2.75, 3.05) is 6.61 Å². The molecule has 0 saturated carbocycles. The SMILES string of the molecule is CC(C)C(CCO)C(C)O. The minimum Gasteiger partial charge on any atom is -0.396 e. The first-order valence-electron chi connectivity index (χ1n) is 3.88. The van der Waals surface area contributed by atoms with Gasteiger partial charge in [0.2, 0.25) is 0 Å². The van der Waals surface area contributed by atoms with Gasteiger partial charge in [-0.1, -0.05) is 13.8 Å². The van der Waals surface area contributed by atoms with Gasteiger partial charge in [0.25, 0.3) is 0 Å². The van der Waals surface area contributed by atoms with Crippen molar-refractivity contribution in [3.8, 4) is 0 Å². The number of aliphatic hydroxyl groups is 2. The quantitative estimate of drug-likeness (QED) is 0.621. The van der Waals surface area contributed by atoms with E-state index in [1.54, 1.807) is 6.92 Å². The molecule has 0 saturated heterocycles. The van der Waals surface area contributed by atoms with Crippen LogP contribution in [0, 0.1) is 11.8 Å². The zero-order chi connectivity index (χ0) is 8.15. The topological polar surface area (TPSA) is 40.5 Å². The third-order valence-corrected chi connectivity index (χ3v) is 1.94. The van der Waals surface area contributed by atoms with Crippen LogP contribution in [0.2, 0.25) is 0 Å². The van der Waals surface area contributed by atoms with Crippen molar-refractivity contribution in [1.82, 2.24) is 0 Å². The summed E-state index contributed by atoms with van der Waals surface area (Å²) in [5.41, 5.74) is 0. The van der Waals surface area contributed by atoms with Gasteiger partial charge in [0.1, 0.15) is 0 Å². The Balaban J connectivity index is 3.73. The molecule has 0 spiro atoms. The van der Waals surface area contributed by atoms with Gasteiger partial charge in [0.05, 0.1) is 6.10 Å². The normalized spacial score (nSPS) is 17.4. The lowest BCUT2D eigenvalue weighted by Gasteiger charge is -2.22. The largest absolute Gasteiger partial charge is 0.396 e. The molecule has 62 valence electrons. The number of aliphatic hydroxyl groups excluding tert-OH is 2. The van der Waals surface area contributed by atoms with Gasteiger partial charge in [-0.15, -0.1) is 0 Å². The average molecular weight is 146 g/mol. The Morgan fingerprint density at radius 3 is 1.80 bits per heavy atom. The van der Waals surface area contributed by atoms with Crippen LogP contribution in [0.15, 0.2) is 0 Å². The summed E-state index contributed by atoms with van der Waals surface area (Å²) in [6.07, 6.45) is 0.405. The summed E-state index contributed by atoms with van der Waals surface area (Å²) in [5.74, 6) is 0.692. The van der Waals surface area contributed by atoms with Crippen LogP contribution >= 0.6 is 0 Å². The summed E-state index contributed by atoms with van der Waals surface area (Å²) in [6.45, 7) is 6.08. The van der Waals surface area contributed by atoms with Crippen LogP contribution in [0.1, 0.15) is 27.2 Å². The second-order valence-corrected chi connectivity index (χ2v) is 3.16. The monoisotopic (exact) mass is 146 g/mol. The zero-order valence-corrected chi connectivity index (χ0v) is 7.04. The van der Waals surface area contributed by atoms with Gasteiger partial charge in [-0.25, -0.2) is 0 Å². The van der Waals surface area contributed by atoms with Gasteiger partial charge in [-0.3, -0.25) is 0 Å². The van der Waals surface area contributed by atoms with E-state index >= 15 is 0 Å². The van der Waals surface area contributed by atoms with Gasteiger partial charge in [-0.2, -0.15) is 0 Å². The van der Waals surface area contributed by atoms with Crippen molar-refractivity contribution in [3.05, 3.63) is 0 Å². The van der Waals surface area contributed by atoms with E-state index in [9.17, 15) is 5.11 Å². The summed E-state index contributed by atoms with van der Waals surface area (Å²) in [5, 5.41) is 17.8. The molecule has 0 heterocycles. The molecule has 0 aliphatic carbocycles. The van der Waals surface area contributed by atoms with Crippen molar-refractivity contribution in [3.63, 3.8) is 0 Å². The van der Waals surface area contributed by atoms with Crippen LogP contribution in [-0.2, 0) is 0 Å². The zero-order valence-electron chi connectivity index (χ0n) is 7.04. The maximum atomic E-state index is 9.20. The van der Waals surface area contributed by atoms with E-state index in [0.717, 1.165) is 0 Å². The smallest absolute Gasteiger partial charge is 0.0543 e. The van der Waals surface area contributed by atoms with E-state index in [1.807, 2.05) is 0 Å². The number of rotatable bonds is 4. The third kappa shape index (κ3) is 3.18. The molecule has 0 aromatic rings. The van der Waals surface area contributed by atoms with Crippen LogP contribution in [0.25, 0.3) is 0 Å². The molecule has 2 unspecified atom stereocenters. The van der Waals surface area contributed by atoms with Gasteiger partial charge in [0.15, 0.2) is 0 Å². The molecular weight excluding hydrogens is 128 g/mol. The fourth-order valence-corrected chi connectivity index (χ4v) is 1.28. The molecule has 0 radical (unpaired) electrons. The Labute approximate surface area is 62.9 Å². The third-order valence-electron chi connectivity index (χ3n) is 1.94. The highest BCUT2D eigenvalue weighted by molar-refractivity contribution is 4.67. The van der Waals surface area contributed by atoms with Crippen molar-refractivity contribution in [2.24, 2.45) is 11.8 Å². The van der Waals surface area contributed by atoms with E-state index in [4.69, 9.17) is 5.11 Å². The maximum Gasteiger partial charge on any atom is 0.0543 e. The molecule has 2 heteroatoms. The van der Waals surface area contributed by atoms with Crippen molar-refractivity contribution in [1.29, 1.82) is 0 Å². The maximum absolute atomic E-state index is 9.20. The van der Waals surface area contributed by atoms with Crippen LogP contribution in [0.3, 0.4) is 0 Å². The predicted molar refractivity (Wildman–Crippen MR) is 41.7 cm³/mol. The predicted octanol–water partition coefficient (Wildman–Crippen LogP) is 1.02. The fraction of sp³-hybridized carbons (Fsp3) is 1.00. The van der Waals surface area contributed by atoms with Gasteiger partial charge >= 0.3 is 0 Å². The van der Waals surface area contributed by atoms with Gasteiger partial charge < -0.3 is 10.2 Å². The number of hydrogen-bond acceptors (Lipinski definition) is 2. The molecule has 0 aromatic carbocycles. The molecule has 10 heavy (non-hydrogen) atoms. The summed E-state index contributed by atoms with van der Waals surface area (Å²) in [7, 11) is 0. The summed E-state index contributed by atoms with van der Waals surface area (Å²) >= 11 is 0. The molecule has 2 N–H and O–H groups in total. The van der Waals surface area contributed by atoms with Crippen molar-refractivity contribution < 1.29 is 10.2 Å². The van der Waals surface area contributed by atoms with E-state index in [-0.39, 0.29) is 18.6 Å². The van der Waals surface area contributed by atoms with Crippen LogP contribution in [-0.4, -0.2) is 22.9 Å². The first-order chi connectivity index (χ1) is 4.59. The first-order valence-corrected chi connectivity index (χ1v) is 3.88. The molecule has 0 aromatic heterocycles. The standard InChI is InChI=1S/C8H18O2/c1-6(2)8(4-5-9)7(3)10/h6-10H,4-5H2,1-3H3. The van der Waals surface area contributed by atoms with Crippen LogP contribution < -0.4 is 0 Å². The Hall–Kier alpha value is -0.0800. The lowest BCUT2D eigenvalue weighted by molar-refractivity contribution is 0.0778. The Bertz CT molecular complexity index is 71.3. The Morgan fingerprint density at radius 1 is 1.20 bits per heavy atom. The minimum absolute atomic E-state index is 0.174. The molecule has 0 amide bonds. The average Bonchev–Trinajstić information content (AvgIpc) is 1.81. The highest BCUT2D eigenvalue weighted by Crippen LogP contribution is 2.18. The first kappa shape index (κ1) is 9.92. The molecule has 0 rings (SSSR count). The van der Waals surface area contributed by atoms with Gasteiger partial charge in [-0.05, 0) is 25.2 Å². The van der Waals surface area contributed by atoms with E-state index in [1.165, 1.54) is 0 Å². The minimum atomic E-state index is -0.299. The highest BCUT2D eigenvalue weighted by atomic mass is 16.3. The molecule has 0 fully saturated rings. The Morgan fingerprint density at radius 2 is 1.70 bits per heavy atom. The van der Waals surface area contributed by atoms with Crippen LogP contribution in [0.4, 0.5) is 0 Å². The van der Waals surface area contributed by atoms with E-state index in [0.29, 0.717) is 12.3 Å². The lowest BCUT2D eigenvalue weighted by atomic mass is 9.88. The van der Waals surface area contributed by atoms with E-state index in [2.05, 4.69) is 13.8 Å². The molecule has 0 aliphatic heterocycles. The molecule has 2 nitrogen and oxygen atoms in total. The van der Waals surface area contributed by atoms with Crippen molar-refractivity contribution >= 4 is 0 Å². The Kier molecular flexibility index (Phi) is 4.65. The summed E-state index contributed by atoms with van der Waals surface area (Å²) in [6, 6.07) is 0. The van der Waals surface area contributed by atoms with E-state index < -0.39 is 0 Å². The molecule has 0 aliphatic rings. The molecular formula is C8H18O2. The summed E-state index contributed by atoms with van der Waals surface area (Å²) < 4.78 is 0. The summed E-state index contributed by atoms with van der Waals surface area (Å²) in [4.78, 5) is 0. The highest BCUT2D eigenvalue weighted by Gasteiger charge is 2.17. The van der Waals surface area contributed by atoms with Crippen LogP contribution in [0.5, 0.6) is 0 Å². The second kappa shape index (κ2) is 4.69. The van der Waals surface area contributed by atoms with Gasteiger partial charge in [0, 0.05) is 6.61 Å². The molecule has 0 bridgehead atoms. The fourth-order valence-electron chi connectivity index (χ4n) is 1.28. The lowest BCUT2D eigenvalue weighted by Crippen LogP contribution is -2.23.